The van der Waals surface area contributed by atoms with Gasteiger partial charge in [0.1, 0.15) is 16.9 Å². The number of aryl methyl sites for hydroxylation is 2. The Kier molecular flexibility index (Phi) is 5.08. The zero-order valence-electron chi connectivity index (χ0n) is 16.0. The standard InChI is InChI=1S/C21H24N2O4/c1-13-6-5-7-14(2)18(13)23-20(25)21(10-11-21)19(24)22-16-12-15(26-3)8-9-17(16)27-4/h5-9,12H,10-11H2,1-4H3,(H,22,24)(H,23,25). The van der Waals surface area contributed by atoms with Gasteiger partial charge in [-0.2, -0.15) is 0 Å². The van der Waals surface area contributed by atoms with E-state index in [2.05, 4.69) is 10.6 Å². The third-order valence-electron chi connectivity index (χ3n) is 4.99. The van der Waals surface area contributed by atoms with Gasteiger partial charge in [-0.1, -0.05) is 18.2 Å². The highest BCUT2D eigenvalue weighted by Crippen LogP contribution is 2.48. The quantitative estimate of drug-likeness (QED) is 0.763. The van der Waals surface area contributed by atoms with Gasteiger partial charge in [-0.25, -0.2) is 0 Å². The van der Waals surface area contributed by atoms with E-state index in [1.807, 2.05) is 32.0 Å². The van der Waals surface area contributed by atoms with Crippen LogP contribution in [-0.4, -0.2) is 26.0 Å². The summed E-state index contributed by atoms with van der Waals surface area (Å²) in [5.74, 6) is 0.489. The van der Waals surface area contributed by atoms with Crippen molar-refractivity contribution >= 4 is 23.2 Å². The molecule has 3 rings (SSSR count). The number of methoxy groups -OCH3 is 2. The first-order chi connectivity index (χ1) is 12.9. The minimum absolute atomic E-state index is 0.278. The second-order valence-corrected chi connectivity index (χ2v) is 6.82. The molecule has 2 aromatic carbocycles. The number of benzene rings is 2. The van der Waals surface area contributed by atoms with Gasteiger partial charge in [0, 0.05) is 11.8 Å². The molecule has 1 aliphatic carbocycles. The Hall–Kier alpha value is -3.02. The number of hydrogen-bond acceptors (Lipinski definition) is 4. The Bertz CT molecular complexity index is 867. The molecular formula is C21H24N2O4. The lowest BCUT2D eigenvalue weighted by Gasteiger charge is -2.19. The minimum Gasteiger partial charge on any atom is -0.497 e. The highest BCUT2D eigenvalue weighted by atomic mass is 16.5. The Morgan fingerprint density at radius 3 is 2.11 bits per heavy atom. The second kappa shape index (κ2) is 7.31. The van der Waals surface area contributed by atoms with Crippen LogP contribution in [0, 0.1) is 19.3 Å². The van der Waals surface area contributed by atoms with Crippen LogP contribution in [0.3, 0.4) is 0 Å². The second-order valence-electron chi connectivity index (χ2n) is 6.82. The van der Waals surface area contributed by atoms with E-state index in [9.17, 15) is 9.59 Å². The molecule has 1 saturated carbocycles. The topological polar surface area (TPSA) is 76.7 Å². The number of carbonyl (C=O) groups excluding carboxylic acids is 2. The van der Waals surface area contributed by atoms with E-state index in [0.29, 0.717) is 30.0 Å². The summed E-state index contributed by atoms with van der Waals surface area (Å²) in [5.41, 5.74) is 2.12. The predicted octanol–water partition coefficient (Wildman–Crippen LogP) is 3.68. The van der Waals surface area contributed by atoms with Crippen LogP contribution in [0.25, 0.3) is 0 Å². The number of nitrogens with one attached hydrogen (secondary N) is 2. The summed E-state index contributed by atoms with van der Waals surface area (Å²) in [6, 6.07) is 10.9. The van der Waals surface area contributed by atoms with E-state index in [1.54, 1.807) is 25.3 Å². The zero-order chi connectivity index (χ0) is 19.6. The molecule has 0 unspecified atom stereocenters. The van der Waals surface area contributed by atoms with Crippen LogP contribution in [-0.2, 0) is 9.59 Å². The number of ether oxygens (including phenoxy) is 2. The lowest BCUT2D eigenvalue weighted by atomic mass is 10.0. The summed E-state index contributed by atoms with van der Waals surface area (Å²) in [4.78, 5) is 25.8. The molecule has 0 radical (unpaired) electrons. The maximum Gasteiger partial charge on any atom is 0.240 e. The Morgan fingerprint density at radius 1 is 0.926 bits per heavy atom. The number of rotatable bonds is 6. The van der Waals surface area contributed by atoms with Gasteiger partial charge in [0.15, 0.2) is 0 Å². The van der Waals surface area contributed by atoms with Crippen LogP contribution < -0.4 is 20.1 Å². The first-order valence-corrected chi connectivity index (χ1v) is 8.82. The van der Waals surface area contributed by atoms with Crippen LogP contribution in [0.1, 0.15) is 24.0 Å². The van der Waals surface area contributed by atoms with Gasteiger partial charge in [0.05, 0.1) is 19.9 Å². The lowest BCUT2D eigenvalue weighted by molar-refractivity contribution is -0.131. The Balaban J connectivity index is 1.80. The van der Waals surface area contributed by atoms with Crippen LogP contribution in [0.15, 0.2) is 36.4 Å². The molecule has 2 aromatic rings. The Morgan fingerprint density at radius 2 is 1.56 bits per heavy atom. The molecule has 1 fully saturated rings. The molecule has 27 heavy (non-hydrogen) atoms. The molecule has 0 aliphatic heterocycles. The minimum atomic E-state index is -1.05. The third-order valence-corrected chi connectivity index (χ3v) is 4.99. The van der Waals surface area contributed by atoms with Crippen molar-refractivity contribution < 1.29 is 19.1 Å². The van der Waals surface area contributed by atoms with E-state index in [-0.39, 0.29) is 11.8 Å². The first-order valence-electron chi connectivity index (χ1n) is 8.82. The summed E-state index contributed by atoms with van der Waals surface area (Å²) in [6.07, 6.45) is 1.03. The Labute approximate surface area is 158 Å². The van der Waals surface area contributed by atoms with Crippen molar-refractivity contribution in [3.63, 3.8) is 0 Å². The SMILES string of the molecule is COc1ccc(OC)c(NC(=O)C2(C(=O)Nc3c(C)cccc3C)CC2)c1. The molecule has 1 aliphatic rings. The monoisotopic (exact) mass is 368 g/mol. The van der Waals surface area contributed by atoms with E-state index in [4.69, 9.17) is 9.47 Å². The molecule has 2 N–H and O–H groups in total. The van der Waals surface area contributed by atoms with Gasteiger partial charge in [0.25, 0.3) is 0 Å². The van der Waals surface area contributed by atoms with Crippen molar-refractivity contribution in [2.45, 2.75) is 26.7 Å². The summed E-state index contributed by atoms with van der Waals surface area (Å²) < 4.78 is 10.5. The zero-order valence-corrected chi connectivity index (χ0v) is 16.0. The van der Waals surface area contributed by atoms with Gasteiger partial charge in [-0.05, 0) is 49.9 Å². The van der Waals surface area contributed by atoms with Crippen LogP contribution in [0.2, 0.25) is 0 Å². The van der Waals surface area contributed by atoms with Gasteiger partial charge in [-0.15, -0.1) is 0 Å². The molecule has 0 heterocycles. The summed E-state index contributed by atoms with van der Waals surface area (Å²) >= 11 is 0. The maximum absolute atomic E-state index is 12.9. The molecule has 6 nitrogen and oxygen atoms in total. The average Bonchev–Trinajstić information content (AvgIpc) is 3.46. The van der Waals surface area contributed by atoms with Crippen molar-refractivity contribution in [2.24, 2.45) is 5.41 Å². The molecule has 0 atom stereocenters. The molecular weight excluding hydrogens is 344 g/mol. The van der Waals surface area contributed by atoms with Crippen molar-refractivity contribution in [1.82, 2.24) is 0 Å². The van der Waals surface area contributed by atoms with Crippen molar-refractivity contribution in [2.75, 3.05) is 24.9 Å². The van der Waals surface area contributed by atoms with Crippen LogP contribution in [0.4, 0.5) is 11.4 Å². The van der Waals surface area contributed by atoms with Crippen molar-refractivity contribution in [3.8, 4) is 11.5 Å². The number of carbonyl (C=O) groups is 2. The van der Waals surface area contributed by atoms with E-state index in [1.165, 1.54) is 7.11 Å². The molecule has 0 saturated heterocycles. The number of hydrogen-bond donors (Lipinski definition) is 2. The van der Waals surface area contributed by atoms with Crippen LogP contribution in [0.5, 0.6) is 11.5 Å². The number of para-hydroxylation sites is 1. The van der Waals surface area contributed by atoms with Crippen molar-refractivity contribution in [1.29, 1.82) is 0 Å². The fraction of sp³-hybridized carbons (Fsp3) is 0.333. The average molecular weight is 368 g/mol. The van der Waals surface area contributed by atoms with Gasteiger partial charge < -0.3 is 20.1 Å². The van der Waals surface area contributed by atoms with Crippen LogP contribution >= 0.6 is 0 Å². The van der Waals surface area contributed by atoms with E-state index in [0.717, 1.165) is 16.8 Å². The molecule has 142 valence electrons. The smallest absolute Gasteiger partial charge is 0.240 e. The number of anilines is 2. The van der Waals surface area contributed by atoms with Gasteiger partial charge in [-0.3, -0.25) is 9.59 Å². The van der Waals surface area contributed by atoms with Crippen molar-refractivity contribution in [3.05, 3.63) is 47.5 Å². The molecule has 6 heteroatoms. The van der Waals surface area contributed by atoms with Gasteiger partial charge in [0.2, 0.25) is 11.8 Å². The molecule has 0 aromatic heterocycles. The molecule has 2 amide bonds. The number of amides is 2. The summed E-state index contributed by atoms with van der Waals surface area (Å²) in [5, 5.41) is 5.77. The normalized spacial score (nSPS) is 14.2. The highest BCUT2D eigenvalue weighted by molar-refractivity contribution is 6.17. The van der Waals surface area contributed by atoms with E-state index >= 15 is 0 Å². The lowest BCUT2D eigenvalue weighted by Crippen LogP contribution is -2.36. The van der Waals surface area contributed by atoms with E-state index < -0.39 is 5.41 Å². The molecule has 0 bridgehead atoms. The summed E-state index contributed by atoms with van der Waals surface area (Å²) in [7, 11) is 3.08. The summed E-state index contributed by atoms with van der Waals surface area (Å²) in [6.45, 7) is 3.87. The highest BCUT2D eigenvalue weighted by Gasteiger charge is 2.56. The first kappa shape index (κ1) is 18.8. The maximum atomic E-state index is 12.9. The fourth-order valence-corrected chi connectivity index (χ4v) is 3.08. The largest absolute Gasteiger partial charge is 0.497 e. The fourth-order valence-electron chi connectivity index (χ4n) is 3.08. The van der Waals surface area contributed by atoms with Gasteiger partial charge >= 0.3 is 0 Å². The predicted molar refractivity (Wildman–Crippen MR) is 104 cm³/mol. The third kappa shape index (κ3) is 3.60. The molecule has 0 spiro atoms.